The quantitative estimate of drug-likeness (QED) is 0.464. The summed E-state index contributed by atoms with van der Waals surface area (Å²) in [4.78, 5) is -0.139. The third-order valence-corrected chi connectivity index (χ3v) is 0.572. The molecule has 0 unspecified atom stereocenters. The number of hydrogen-bond donors (Lipinski definition) is 1. The Bertz CT molecular complexity index is 79.8. The van der Waals surface area contributed by atoms with Crippen LogP contribution in [-0.2, 0) is 4.74 Å². The van der Waals surface area contributed by atoms with E-state index in [1.54, 1.807) is 6.08 Å². The fourth-order valence-corrected chi connectivity index (χ4v) is 0.273. The van der Waals surface area contributed by atoms with Crippen LogP contribution in [0.3, 0.4) is 0 Å². The van der Waals surface area contributed by atoms with Gasteiger partial charge in [-0.2, -0.15) is 0 Å². The molecule has 0 aliphatic carbocycles. The standard InChI is InChI=1S/C4H6O2Se/c1-2-3-6-4(5)7/h2H,1,3H2,(H,5,7). The first-order valence-corrected chi connectivity index (χ1v) is 2.59. The van der Waals surface area contributed by atoms with Crippen LogP contribution in [0.15, 0.2) is 12.7 Å². The molecular weight excluding hydrogens is 159 g/mol. The summed E-state index contributed by atoms with van der Waals surface area (Å²) in [5.41, 5.74) is 0. The molecule has 0 aromatic heterocycles. The van der Waals surface area contributed by atoms with Crippen molar-refractivity contribution in [1.29, 1.82) is 0 Å². The van der Waals surface area contributed by atoms with E-state index in [1.165, 1.54) is 0 Å². The summed E-state index contributed by atoms with van der Waals surface area (Å²) >= 11 is 2.28. The van der Waals surface area contributed by atoms with Gasteiger partial charge in [-0.15, -0.1) is 0 Å². The molecule has 0 rings (SSSR count). The summed E-state index contributed by atoms with van der Waals surface area (Å²) in [5.74, 6) is 0. The van der Waals surface area contributed by atoms with Crippen LogP contribution in [0.25, 0.3) is 0 Å². The van der Waals surface area contributed by atoms with E-state index in [1.807, 2.05) is 0 Å². The number of rotatable bonds is 3. The molecule has 2 nitrogen and oxygen atoms in total. The third-order valence-electron chi connectivity index (χ3n) is 0.325. The van der Waals surface area contributed by atoms with Gasteiger partial charge in [-0.3, -0.25) is 0 Å². The average Bonchev–Trinajstić information content (AvgIpc) is 1.61. The van der Waals surface area contributed by atoms with E-state index in [-0.39, 0.29) is 4.79 Å². The fourth-order valence-electron chi connectivity index (χ4n) is 0.130. The first-order chi connectivity index (χ1) is 3.27. The molecule has 0 aromatic carbocycles. The number of ether oxygens (including phenoxy) is 1. The molecule has 0 spiro atoms. The van der Waals surface area contributed by atoms with Crippen LogP contribution in [0.1, 0.15) is 0 Å². The van der Waals surface area contributed by atoms with Crippen LogP contribution < -0.4 is 0 Å². The second-order valence-electron chi connectivity index (χ2n) is 0.866. The van der Waals surface area contributed by atoms with E-state index in [2.05, 4.69) is 26.9 Å². The summed E-state index contributed by atoms with van der Waals surface area (Å²) in [7, 11) is 0. The van der Waals surface area contributed by atoms with E-state index >= 15 is 0 Å². The Balaban J connectivity index is 2.97. The van der Waals surface area contributed by atoms with Crippen molar-refractivity contribution in [2.75, 3.05) is 6.61 Å². The Morgan fingerprint density at radius 2 is 2.57 bits per heavy atom. The molecule has 3 heteroatoms. The number of hydrogen-bond acceptors (Lipinski definition) is 2. The Kier molecular flexibility index (Phi) is 3.75. The Morgan fingerprint density at radius 1 is 2.00 bits per heavy atom. The average molecular weight is 165 g/mol. The van der Waals surface area contributed by atoms with Crippen molar-refractivity contribution in [3.63, 3.8) is 0 Å². The maximum absolute atomic E-state index is 8.27. The van der Waals surface area contributed by atoms with Gasteiger partial charge in [0.15, 0.2) is 0 Å². The number of aliphatic hydroxyl groups excluding tert-OH is 1. The van der Waals surface area contributed by atoms with Gasteiger partial charge in [0.1, 0.15) is 0 Å². The molecule has 0 amide bonds. The van der Waals surface area contributed by atoms with Crippen molar-refractivity contribution in [3.8, 4) is 0 Å². The monoisotopic (exact) mass is 166 g/mol. The molecule has 40 valence electrons. The SMILES string of the molecule is C=CCOC(O)=[Se]. The molecule has 1 N–H and O–H groups in total. The molecule has 0 aromatic rings. The summed E-state index contributed by atoms with van der Waals surface area (Å²) in [6.07, 6.45) is 1.55. The Hall–Kier alpha value is -0.271. The maximum atomic E-state index is 8.27. The molecule has 0 radical (unpaired) electrons. The molecule has 0 aliphatic heterocycles. The van der Waals surface area contributed by atoms with Crippen LogP contribution >= 0.6 is 0 Å². The molecule has 0 heterocycles. The molecule has 0 saturated heterocycles. The van der Waals surface area contributed by atoms with E-state index in [0.717, 1.165) is 0 Å². The van der Waals surface area contributed by atoms with Crippen molar-refractivity contribution in [1.82, 2.24) is 0 Å². The molecule has 0 atom stereocenters. The van der Waals surface area contributed by atoms with Gasteiger partial charge in [0.25, 0.3) is 0 Å². The first kappa shape index (κ1) is 6.73. The predicted molar refractivity (Wildman–Crippen MR) is 28.8 cm³/mol. The van der Waals surface area contributed by atoms with Gasteiger partial charge in [-0.05, 0) is 0 Å². The van der Waals surface area contributed by atoms with Gasteiger partial charge >= 0.3 is 49.5 Å². The van der Waals surface area contributed by atoms with E-state index in [9.17, 15) is 0 Å². The first-order valence-electron chi connectivity index (χ1n) is 1.74. The number of aliphatic hydroxyl groups is 1. The summed E-state index contributed by atoms with van der Waals surface area (Å²) in [6.45, 7) is 3.72. The van der Waals surface area contributed by atoms with E-state index < -0.39 is 0 Å². The van der Waals surface area contributed by atoms with Crippen LogP contribution in [0, 0.1) is 0 Å². The normalized spacial score (nSPS) is 7.43. The zero-order valence-corrected chi connectivity index (χ0v) is 5.47. The van der Waals surface area contributed by atoms with Crippen LogP contribution in [0.2, 0.25) is 0 Å². The zero-order chi connectivity index (χ0) is 5.70. The van der Waals surface area contributed by atoms with Gasteiger partial charge in [-0.1, -0.05) is 0 Å². The second-order valence-corrected chi connectivity index (χ2v) is 1.60. The van der Waals surface area contributed by atoms with Crippen molar-refractivity contribution < 1.29 is 9.84 Å². The van der Waals surface area contributed by atoms with Gasteiger partial charge < -0.3 is 0 Å². The second kappa shape index (κ2) is 3.90. The van der Waals surface area contributed by atoms with E-state index in [0.29, 0.717) is 6.61 Å². The molecule has 0 saturated carbocycles. The fraction of sp³-hybridized carbons (Fsp3) is 0.250. The van der Waals surface area contributed by atoms with Crippen molar-refractivity contribution in [3.05, 3.63) is 12.7 Å². The summed E-state index contributed by atoms with van der Waals surface area (Å²) < 4.78 is 4.49. The Morgan fingerprint density at radius 3 is 2.71 bits per heavy atom. The van der Waals surface area contributed by atoms with Crippen molar-refractivity contribution >= 4 is 20.4 Å². The third kappa shape index (κ3) is 5.73. The minimum absolute atomic E-state index is 0.139. The Labute approximate surface area is 50.2 Å². The van der Waals surface area contributed by atoms with Gasteiger partial charge in [-0.25, -0.2) is 0 Å². The summed E-state index contributed by atoms with van der Waals surface area (Å²) in [5, 5.41) is 8.27. The van der Waals surface area contributed by atoms with Gasteiger partial charge in [0.2, 0.25) is 0 Å². The molecular formula is C4H6O2Se. The van der Waals surface area contributed by atoms with Crippen LogP contribution in [0.5, 0.6) is 0 Å². The molecule has 0 bridgehead atoms. The molecule has 7 heavy (non-hydrogen) atoms. The van der Waals surface area contributed by atoms with Crippen molar-refractivity contribution in [2.24, 2.45) is 0 Å². The van der Waals surface area contributed by atoms with Crippen molar-refractivity contribution in [2.45, 2.75) is 0 Å². The molecule has 0 aliphatic rings. The van der Waals surface area contributed by atoms with Gasteiger partial charge in [0.05, 0.1) is 0 Å². The minimum atomic E-state index is -0.139. The molecule has 0 fully saturated rings. The topological polar surface area (TPSA) is 29.5 Å². The van der Waals surface area contributed by atoms with Gasteiger partial charge in [0, 0.05) is 0 Å². The zero-order valence-electron chi connectivity index (χ0n) is 3.76. The van der Waals surface area contributed by atoms with Crippen LogP contribution in [0.4, 0.5) is 0 Å². The van der Waals surface area contributed by atoms with E-state index in [4.69, 9.17) is 5.11 Å². The summed E-state index contributed by atoms with van der Waals surface area (Å²) in [6, 6.07) is 0. The predicted octanol–water partition coefficient (Wildman–Crippen LogP) is -0.183. The van der Waals surface area contributed by atoms with Crippen LogP contribution in [-0.4, -0.2) is 32.1 Å².